The van der Waals surface area contributed by atoms with Crippen LogP contribution in [0.15, 0.2) is 36.4 Å². The second kappa shape index (κ2) is 8.63. The van der Waals surface area contributed by atoms with Crippen molar-refractivity contribution in [2.75, 3.05) is 45.3 Å². The molecule has 0 atom stereocenters. The highest BCUT2D eigenvalue weighted by Crippen LogP contribution is 2.32. The van der Waals surface area contributed by atoms with Crippen molar-refractivity contribution in [3.05, 3.63) is 55.6 Å². The van der Waals surface area contributed by atoms with Crippen molar-refractivity contribution in [2.45, 2.75) is 0 Å². The summed E-state index contributed by atoms with van der Waals surface area (Å²) in [5.41, 5.74) is 1.57. The number of halogens is 1. The smallest absolute Gasteiger partial charge is 0.269 e. The van der Waals surface area contributed by atoms with E-state index < -0.39 is 4.92 Å². The van der Waals surface area contributed by atoms with Crippen LogP contribution in [0.2, 0.25) is 0 Å². The first-order valence-electron chi connectivity index (χ1n) is 8.64. The fourth-order valence-corrected chi connectivity index (χ4v) is 3.81. The number of hydrogen-bond donors (Lipinski definition) is 0. The molecular weight excluding hydrogens is 477 g/mol. The van der Waals surface area contributed by atoms with Crippen LogP contribution in [0.4, 0.5) is 11.4 Å². The maximum atomic E-state index is 13.0. The number of amides is 1. The lowest BCUT2D eigenvalue weighted by Crippen LogP contribution is -2.49. The Bertz CT molecular complexity index is 880. The van der Waals surface area contributed by atoms with Crippen molar-refractivity contribution in [3.8, 4) is 11.5 Å². The van der Waals surface area contributed by atoms with Gasteiger partial charge in [-0.25, -0.2) is 0 Å². The molecule has 0 aromatic heterocycles. The number of nitro benzene ring substituents is 1. The Labute approximate surface area is 176 Å². The third-order valence-corrected chi connectivity index (χ3v) is 5.59. The Morgan fingerprint density at radius 2 is 1.61 bits per heavy atom. The Hall–Kier alpha value is -2.56. The van der Waals surface area contributed by atoms with E-state index in [9.17, 15) is 14.9 Å². The Morgan fingerprint density at radius 1 is 1.04 bits per heavy atom. The van der Waals surface area contributed by atoms with Crippen molar-refractivity contribution >= 4 is 39.9 Å². The van der Waals surface area contributed by atoms with Crippen LogP contribution < -0.4 is 14.4 Å². The van der Waals surface area contributed by atoms with Crippen molar-refractivity contribution < 1.29 is 19.2 Å². The number of piperazine rings is 1. The summed E-state index contributed by atoms with van der Waals surface area (Å²) in [5.74, 6) is 1.07. The van der Waals surface area contributed by atoms with E-state index in [1.807, 2.05) is 4.90 Å². The lowest BCUT2D eigenvalue weighted by Gasteiger charge is -2.36. The molecule has 2 aromatic carbocycles. The van der Waals surface area contributed by atoms with Gasteiger partial charge in [0.25, 0.3) is 11.6 Å². The predicted molar refractivity (Wildman–Crippen MR) is 113 cm³/mol. The standard InChI is InChI=1S/C19H20IN3O5/c1-27-17-11-15(16(20)12-18(17)28-2)19(24)22-9-7-21(8-10-22)13-3-5-14(6-4-13)23(25)26/h3-6,11-12H,7-10H2,1-2H3. The summed E-state index contributed by atoms with van der Waals surface area (Å²) in [6.07, 6.45) is 0. The molecule has 3 rings (SSSR count). The minimum atomic E-state index is -0.412. The van der Waals surface area contributed by atoms with Crippen LogP contribution >= 0.6 is 22.6 Å². The number of carbonyl (C=O) groups is 1. The first-order chi connectivity index (χ1) is 13.4. The second-order valence-corrected chi connectivity index (χ2v) is 7.40. The van der Waals surface area contributed by atoms with Gasteiger partial charge in [0.05, 0.1) is 24.7 Å². The number of hydrogen-bond acceptors (Lipinski definition) is 6. The normalized spacial score (nSPS) is 14.0. The van der Waals surface area contributed by atoms with Crippen molar-refractivity contribution in [3.63, 3.8) is 0 Å². The summed E-state index contributed by atoms with van der Waals surface area (Å²) in [7, 11) is 3.11. The average molecular weight is 497 g/mol. The highest BCUT2D eigenvalue weighted by atomic mass is 127. The van der Waals surface area contributed by atoms with Gasteiger partial charge in [0.15, 0.2) is 11.5 Å². The fraction of sp³-hybridized carbons (Fsp3) is 0.316. The van der Waals surface area contributed by atoms with Gasteiger partial charge < -0.3 is 19.3 Å². The number of anilines is 1. The molecule has 0 aliphatic carbocycles. The summed E-state index contributed by atoms with van der Waals surface area (Å²) >= 11 is 2.13. The Kier molecular flexibility index (Phi) is 6.22. The molecule has 8 nitrogen and oxygen atoms in total. The van der Waals surface area contributed by atoms with Gasteiger partial charge in [-0.05, 0) is 46.9 Å². The zero-order chi connectivity index (χ0) is 20.3. The molecule has 0 unspecified atom stereocenters. The van der Waals surface area contributed by atoms with Gasteiger partial charge in [0, 0.05) is 47.6 Å². The first-order valence-corrected chi connectivity index (χ1v) is 9.72. The van der Waals surface area contributed by atoms with Crippen LogP contribution in [0, 0.1) is 13.7 Å². The maximum Gasteiger partial charge on any atom is 0.269 e. The van der Waals surface area contributed by atoms with E-state index in [1.54, 1.807) is 38.5 Å². The van der Waals surface area contributed by atoms with Crippen LogP contribution in [0.3, 0.4) is 0 Å². The molecule has 1 amide bonds. The monoisotopic (exact) mass is 497 g/mol. The predicted octanol–water partition coefficient (Wildman–Crippen LogP) is 3.18. The molecule has 1 saturated heterocycles. The Morgan fingerprint density at radius 3 is 2.14 bits per heavy atom. The highest BCUT2D eigenvalue weighted by molar-refractivity contribution is 14.1. The quantitative estimate of drug-likeness (QED) is 0.359. The number of non-ortho nitro benzene ring substituents is 1. The number of nitrogens with zero attached hydrogens (tertiary/aromatic N) is 3. The molecule has 0 bridgehead atoms. The molecule has 148 valence electrons. The van der Waals surface area contributed by atoms with E-state index in [0.717, 1.165) is 9.26 Å². The molecule has 2 aromatic rings. The summed E-state index contributed by atoms with van der Waals surface area (Å²) in [6, 6.07) is 9.99. The van der Waals surface area contributed by atoms with Gasteiger partial charge in [0.2, 0.25) is 0 Å². The van der Waals surface area contributed by atoms with Gasteiger partial charge in [-0.15, -0.1) is 0 Å². The molecular formula is C19H20IN3O5. The third-order valence-electron chi connectivity index (χ3n) is 4.70. The van der Waals surface area contributed by atoms with Crippen LogP contribution in [-0.2, 0) is 0 Å². The zero-order valence-corrected chi connectivity index (χ0v) is 17.7. The summed E-state index contributed by atoms with van der Waals surface area (Å²) in [6.45, 7) is 2.46. The lowest BCUT2D eigenvalue weighted by atomic mass is 10.1. The fourth-order valence-electron chi connectivity index (χ4n) is 3.14. The molecule has 28 heavy (non-hydrogen) atoms. The SMILES string of the molecule is COc1cc(I)c(C(=O)N2CCN(c3ccc([N+](=O)[O-])cc3)CC2)cc1OC. The second-order valence-electron chi connectivity index (χ2n) is 6.24. The minimum absolute atomic E-state index is 0.0475. The van der Waals surface area contributed by atoms with E-state index in [-0.39, 0.29) is 11.6 Å². The highest BCUT2D eigenvalue weighted by Gasteiger charge is 2.25. The molecule has 9 heteroatoms. The van der Waals surface area contributed by atoms with Crippen LogP contribution in [0.25, 0.3) is 0 Å². The summed E-state index contributed by atoms with van der Waals surface area (Å²) in [5, 5.41) is 10.8. The van der Waals surface area contributed by atoms with Crippen LogP contribution in [-0.4, -0.2) is 56.1 Å². The van der Waals surface area contributed by atoms with Crippen molar-refractivity contribution in [2.24, 2.45) is 0 Å². The number of carbonyl (C=O) groups excluding carboxylic acids is 1. The van der Waals surface area contributed by atoms with Crippen LogP contribution in [0.1, 0.15) is 10.4 Å². The van der Waals surface area contributed by atoms with E-state index >= 15 is 0 Å². The third kappa shape index (κ3) is 4.13. The van der Waals surface area contributed by atoms with E-state index in [1.165, 1.54) is 12.1 Å². The molecule has 1 heterocycles. The largest absolute Gasteiger partial charge is 0.493 e. The summed E-state index contributed by atoms with van der Waals surface area (Å²) in [4.78, 5) is 27.3. The molecule has 1 fully saturated rings. The number of methoxy groups -OCH3 is 2. The topological polar surface area (TPSA) is 85.2 Å². The van der Waals surface area contributed by atoms with Crippen LogP contribution in [0.5, 0.6) is 11.5 Å². The lowest BCUT2D eigenvalue weighted by molar-refractivity contribution is -0.384. The Balaban J connectivity index is 1.69. The maximum absolute atomic E-state index is 13.0. The number of ether oxygens (including phenoxy) is 2. The molecule has 0 spiro atoms. The van der Waals surface area contributed by atoms with Crippen molar-refractivity contribution in [1.29, 1.82) is 0 Å². The number of nitro groups is 1. The molecule has 0 saturated carbocycles. The van der Waals surface area contributed by atoms with Gasteiger partial charge in [-0.2, -0.15) is 0 Å². The minimum Gasteiger partial charge on any atom is -0.493 e. The summed E-state index contributed by atoms with van der Waals surface area (Å²) < 4.78 is 11.4. The molecule has 0 N–H and O–H groups in total. The number of rotatable bonds is 5. The number of benzene rings is 2. The van der Waals surface area contributed by atoms with Gasteiger partial charge in [-0.1, -0.05) is 0 Å². The molecule has 1 aliphatic rings. The van der Waals surface area contributed by atoms with E-state index in [0.29, 0.717) is 43.2 Å². The van der Waals surface area contributed by atoms with Gasteiger partial charge in [0.1, 0.15) is 0 Å². The van der Waals surface area contributed by atoms with E-state index in [4.69, 9.17) is 9.47 Å². The first kappa shape index (κ1) is 20.2. The van der Waals surface area contributed by atoms with Crippen molar-refractivity contribution in [1.82, 2.24) is 4.90 Å². The zero-order valence-electron chi connectivity index (χ0n) is 15.6. The van der Waals surface area contributed by atoms with Gasteiger partial charge >= 0.3 is 0 Å². The van der Waals surface area contributed by atoms with E-state index in [2.05, 4.69) is 27.5 Å². The average Bonchev–Trinajstić information content (AvgIpc) is 2.73. The van der Waals surface area contributed by atoms with Gasteiger partial charge in [-0.3, -0.25) is 14.9 Å². The molecule has 0 radical (unpaired) electrons. The molecule has 1 aliphatic heterocycles.